The number of rotatable bonds is 4. The molecule has 0 atom stereocenters. The molecule has 0 aromatic heterocycles. The van der Waals surface area contributed by atoms with Crippen molar-refractivity contribution >= 4 is 51.8 Å². The molecule has 6 rings (SSSR count). The van der Waals surface area contributed by atoms with Crippen molar-refractivity contribution in [3.8, 4) is 11.5 Å². The largest absolute Gasteiger partial charge is 0.454 e. The fourth-order valence-corrected chi connectivity index (χ4v) is 5.20. The minimum Gasteiger partial charge on any atom is -0.454 e. The maximum atomic E-state index is 13.2. The summed E-state index contributed by atoms with van der Waals surface area (Å²) in [5, 5.41) is 5.52. The van der Waals surface area contributed by atoms with Crippen LogP contribution in [0.4, 0.5) is 0 Å². The number of hydrogen-bond acceptors (Lipinski definition) is 4. The van der Waals surface area contributed by atoms with Gasteiger partial charge in [-0.2, -0.15) is 0 Å². The lowest BCUT2D eigenvalue weighted by Crippen LogP contribution is -2.04. The van der Waals surface area contributed by atoms with Crippen molar-refractivity contribution in [3.63, 3.8) is 0 Å². The van der Waals surface area contributed by atoms with Gasteiger partial charge in [0.2, 0.25) is 12.6 Å². The minimum absolute atomic E-state index is 0.0386. The van der Waals surface area contributed by atoms with Crippen LogP contribution in [0.3, 0.4) is 0 Å². The highest BCUT2D eigenvalue weighted by Gasteiger charge is 2.30. The first-order valence-corrected chi connectivity index (χ1v) is 11.9. The second-order valence-electron chi connectivity index (χ2n) is 7.98. The van der Waals surface area contributed by atoms with E-state index < -0.39 is 18.7 Å². The van der Waals surface area contributed by atoms with E-state index in [0.717, 1.165) is 32.3 Å². The molecule has 1 aliphatic heterocycles. The fourth-order valence-electron chi connectivity index (χ4n) is 4.50. The Morgan fingerprint density at radius 3 is 2.24 bits per heavy atom. The number of benzene rings is 5. The van der Waals surface area contributed by atoms with Gasteiger partial charge < -0.3 is 19.3 Å². The number of Topliss-reactive ketones (excluding diaryl/α,β-unsaturated/α-hetero) is 1. The van der Waals surface area contributed by atoms with E-state index in [4.69, 9.17) is 9.47 Å². The molecule has 162 valence electrons. The number of fused-ring (bicyclic) bond motifs is 1. The quantitative estimate of drug-likeness (QED) is 0.156. The first-order chi connectivity index (χ1) is 15.9. The van der Waals surface area contributed by atoms with Crippen molar-refractivity contribution in [3.05, 3.63) is 89.2 Å². The Morgan fingerprint density at radius 2 is 1.48 bits per heavy atom. The summed E-state index contributed by atoms with van der Waals surface area (Å²) in [6.07, 6.45) is 1.31. The molecule has 6 nitrogen and oxygen atoms in total. The lowest BCUT2D eigenvalue weighted by molar-refractivity contribution is 0.103. The molecule has 2 N–H and O–H groups in total. The molecule has 5 aromatic rings. The molecule has 33 heavy (non-hydrogen) atoms. The van der Waals surface area contributed by atoms with Gasteiger partial charge in [0.05, 0.1) is 0 Å². The number of carbonyl (C=O) groups is 1. The van der Waals surface area contributed by atoms with Crippen molar-refractivity contribution in [2.24, 2.45) is 0 Å². The summed E-state index contributed by atoms with van der Waals surface area (Å²) in [4.78, 5) is 33.4. The average molecular weight is 456 g/mol. The number of ketones is 1. The molecule has 7 heteroatoms. The van der Waals surface area contributed by atoms with Gasteiger partial charge in [-0.25, -0.2) is 0 Å². The molecule has 0 amide bonds. The first kappa shape index (κ1) is 19.9. The van der Waals surface area contributed by atoms with Gasteiger partial charge in [0, 0.05) is 5.56 Å². The van der Waals surface area contributed by atoms with Gasteiger partial charge in [-0.1, -0.05) is 54.6 Å². The van der Waals surface area contributed by atoms with Crippen LogP contribution in [-0.2, 0) is 4.57 Å². The molecular weight excluding hydrogens is 439 g/mol. The van der Waals surface area contributed by atoms with Crippen LogP contribution in [0.1, 0.15) is 15.9 Å². The standard InChI is InChI=1S/C26H17O6P/c27-26(19-9-11-21-22(12-19)32-14-31-21)23(33(28,29)30)13-18-7-6-17-5-4-15-2-1-3-16-8-10-20(18)25(17)24(15)16/h1-13H,14H2,(H2,28,29,30). The zero-order chi connectivity index (χ0) is 22.7. The third-order valence-electron chi connectivity index (χ3n) is 6.04. The Kier molecular flexibility index (Phi) is 4.32. The molecule has 0 aliphatic carbocycles. The lowest BCUT2D eigenvalue weighted by Gasteiger charge is -2.14. The molecule has 0 saturated carbocycles. The zero-order valence-electron chi connectivity index (χ0n) is 17.2. The smallest absolute Gasteiger partial charge is 0.360 e. The summed E-state index contributed by atoms with van der Waals surface area (Å²) in [6.45, 7) is 0.0386. The van der Waals surface area contributed by atoms with Crippen molar-refractivity contribution in [2.75, 3.05) is 6.79 Å². The Labute approximate surface area is 188 Å². The van der Waals surface area contributed by atoms with Crippen LogP contribution in [0.25, 0.3) is 38.4 Å². The van der Waals surface area contributed by atoms with Crippen LogP contribution < -0.4 is 9.47 Å². The summed E-state index contributed by atoms with van der Waals surface area (Å²) >= 11 is 0. The van der Waals surface area contributed by atoms with E-state index in [0.29, 0.717) is 17.1 Å². The van der Waals surface area contributed by atoms with Crippen molar-refractivity contribution in [2.45, 2.75) is 0 Å². The van der Waals surface area contributed by atoms with Crippen molar-refractivity contribution in [1.82, 2.24) is 0 Å². The van der Waals surface area contributed by atoms with E-state index in [9.17, 15) is 19.1 Å². The number of allylic oxidation sites excluding steroid dienone is 1. The Balaban J connectivity index is 1.56. The van der Waals surface area contributed by atoms with Crippen LogP contribution in [0.2, 0.25) is 0 Å². The fraction of sp³-hybridized carbons (Fsp3) is 0.0385. The highest BCUT2D eigenvalue weighted by Crippen LogP contribution is 2.49. The molecule has 0 unspecified atom stereocenters. The Hall–Kier alpha value is -3.70. The Bertz CT molecular complexity index is 1650. The predicted octanol–water partition coefficient (Wildman–Crippen LogP) is 5.71. The van der Waals surface area contributed by atoms with Gasteiger partial charge >= 0.3 is 7.60 Å². The van der Waals surface area contributed by atoms with E-state index in [1.807, 2.05) is 42.5 Å². The van der Waals surface area contributed by atoms with Gasteiger partial charge in [-0.3, -0.25) is 9.36 Å². The summed E-state index contributed by atoms with van der Waals surface area (Å²) in [5.74, 6) is 0.0982. The zero-order valence-corrected chi connectivity index (χ0v) is 18.1. The lowest BCUT2D eigenvalue weighted by atomic mass is 9.92. The molecule has 0 bridgehead atoms. The number of hydrogen-bond donors (Lipinski definition) is 2. The summed E-state index contributed by atoms with van der Waals surface area (Å²) in [5.41, 5.74) is 0.680. The first-order valence-electron chi connectivity index (χ1n) is 10.3. The van der Waals surface area contributed by atoms with Crippen molar-refractivity contribution in [1.29, 1.82) is 0 Å². The molecular formula is C26H17O6P. The van der Waals surface area contributed by atoms with Crippen LogP contribution in [0.15, 0.2) is 78.1 Å². The molecule has 0 saturated heterocycles. The second-order valence-corrected chi connectivity index (χ2v) is 9.55. The van der Waals surface area contributed by atoms with Gasteiger partial charge in [0.25, 0.3) is 0 Å². The maximum Gasteiger partial charge on any atom is 0.360 e. The van der Waals surface area contributed by atoms with E-state index in [-0.39, 0.29) is 12.4 Å². The molecule has 0 radical (unpaired) electrons. The SMILES string of the molecule is O=C(C(=Cc1ccc2ccc3cccc4ccc1c2c34)P(=O)(O)O)c1ccc2c(c1)OCO2. The minimum atomic E-state index is -4.89. The van der Waals surface area contributed by atoms with Gasteiger partial charge in [0.15, 0.2) is 11.5 Å². The van der Waals surface area contributed by atoms with E-state index in [2.05, 4.69) is 6.07 Å². The number of carbonyl (C=O) groups excluding carboxylic acids is 1. The predicted molar refractivity (Wildman–Crippen MR) is 127 cm³/mol. The van der Waals surface area contributed by atoms with Gasteiger partial charge in [0.1, 0.15) is 5.31 Å². The maximum absolute atomic E-state index is 13.2. The molecule has 1 aliphatic rings. The average Bonchev–Trinajstić information content (AvgIpc) is 3.28. The van der Waals surface area contributed by atoms with Gasteiger partial charge in [-0.15, -0.1) is 0 Å². The van der Waals surface area contributed by atoms with Crippen LogP contribution in [-0.4, -0.2) is 22.4 Å². The molecule has 0 fully saturated rings. The highest BCUT2D eigenvalue weighted by atomic mass is 31.2. The summed E-state index contributed by atoms with van der Waals surface area (Å²) in [6, 6.07) is 22.2. The van der Waals surface area contributed by atoms with E-state index >= 15 is 0 Å². The molecule has 0 spiro atoms. The summed E-state index contributed by atoms with van der Waals surface area (Å²) in [7, 11) is -4.89. The summed E-state index contributed by atoms with van der Waals surface area (Å²) < 4.78 is 23.0. The third-order valence-corrected chi connectivity index (χ3v) is 7.00. The topological polar surface area (TPSA) is 93.1 Å². The van der Waals surface area contributed by atoms with Crippen LogP contribution in [0, 0.1) is 0 Å². The Morgan fingerprint density at radius 1 is 0.818 bits per heavy atom. The monoisotopic (exact) mass is 456 g/mol. The highest BCUT2D eigenvalue weighted by molar-refractivity contribution is 7.58. The second kappa shape index (κ2) is 7.15. The molecule has 1 heterocycles. The van der Waals surface area contributed by atoms with E-state index in [1.54, 1.807) is 12.1 Å². The van der Waals surface area contributed by atoms with Gasteiger partial charge in [-0.05, 0) is 62.2 Å². The molecule has 5 aromatic carbocycles. The third kappa shape index (κ3) is 3.19. The van der Waals surface area contributed by atoms with Crippen LogP contribution >= 0.6 is 7.60 Å². The van der Waals surface area contributed by atoms with Crippen molar-refractivity contribution < 1.29 is 28.6 Å². The number of ether oxygens (including phenoxy) is 2. The van der Waals surface area contributed by atoms with E-state index in [1.165, 1.54) is 18.2 Å². The normalized spacial score (nSPS) is 13.9. The van der Waals surface area contributed by atoms with Crippen LogP contribution in [0.5, 0.6) is 11.5 Å².